The first-order valence-electron chi connectivity index (χ1n) is 5.18. The van der Waals surface area contributed by atoms with E-state index in [0.717, 1.165) is 16.7 Å². The molecule has 0 spiro atoms. The molecule has 2 aromatic rings. The molecular formula is C13H15N3. The van der Waals surface area contributed by atoms with Crippen LogP contribution in [0.25, 0.3) is 16.5 Å². The van der Waals surface area contributed by atoms with Gasteiger partial charge in [0.1, 0.15) is 0 Å². The fourth-order valence-electron chi connectivity index (χ4n) is 1.79. The number of aromatic nitrogens is 1. The molecule has 1 heterocycles. The number of aliphatic imine (C=N–C) groups is 1. The van der Waals surface area contributed by atoms with Crippen LogP contribution in [0.4, 0.5) is 0 Å². The van der Waals surface area contributed by atoms with Crippen LogP contribution in [0.1, 0.15) is 11.1 Å². The Kier molecular flexibility index (Phi) is 2.77. The van der Waals surface area contributed by atoms with Crippen LogP contribution in [-0.4, -0.2) is 18.2 Å². The molecule has 0 saturated heterocycles. The summed E-state index contributed by atoms with van der Waals surface area (Å²) < 4.78 is 0. The van der Waals surface area contributed by atoms with E-state index in [1.807, 2.05) is 12.3 Å². The summed E-state index contributed by atoms with van der Waals surface area (Å²) in [6.07, 6.45) is 5.35. The van der Waals surface area contributed by atoms with E-state index < -0.39 is 0 Å². The maximum absolute atomic E-state index is 5.59. The third-order valence-corrected chi connectivity index (χ3v) is 2.67. The van der Waals surface area contributed by atoms with Crippen molar-refractivity contribution in [2.75, 3.05) is 7.05 Å². The largest absolute Gasteiger partial charge is 0.404 e. The topological polar surface area (TPSA) is 54.2 Å². The van der Waals surface area contributed by atoms with E-state index in [-0.39, 0.29) is 0 Å². The van der Waals surface area contributed by atoms with Gasteiger partial charge in [-0.2, -0.15) is 0 Å². The lowest BCUT2D eigenvalue weighted by molar-refractivity contribution is 1.43. The lowest BCUT2D eigenvalue weighted by Crippen LogP contribution is -1.91. The Labute approximate surface area is 94.7 Å². The minimum absolute atomic E-state index is 0.935. The van der Waals surface area contributed by atoms with Crippen molar-refractivity contribution in [3.63, 3.8) is 0 Å². The van der Waals surface area contributed by atoms with Crippen LogP contribution in [0.2, 0.25) is 0 Å². The summed E-state index contributed by atoms with van der Waals surface area (Å²) >= 11 is 0. The van der Waals surface area contributed by atoms with Crippen molar-refractivity contribution in [3.05, 3.63) is 41.7 Å². The molecule has 0 aliphatic rings. The second kappa shape index (κ2) is 4.23. The number of hydrogen-bond donors (Lipinski definition) is 2. The average molecular weight is 213 g/mol. The Morgan fingerprint density at radius 3 is 2.94 bits per heavy atom. The monoisotopic (exact) mass is 213 g/mol. The normalized spacial score (nSPS) is 12.8. The zero-order chi connectivity index (χ0) is 11.5. The van der Waals surface area contributed by atoms with Gasteiger partial charge in [-0.15, -0.1) is 0 Å². The molecule has 0 amide bonds. The summed E-state index contributed by atoms with van der Waals surface area (Å²) in [6.45, 7) is 2.09. The van der Waals surface area contributed by atoms with Gasteiger partial charge in [0, 0.05) is 42.1 Å². The van der Waals surface area contributed by atoms with Crippen molar-refractivity contribution >= 4 is 22.7 Å². The molecule has 0 fully saturated rings. The minimum atomic E-state index is 0.935. The Balaban J connectivity index is 2.57. The number of fused-ring (bicyclic) bond motifs is 1. The van der Waals surface area contributed by atoms with Crippen molar-refractivity contribution in [2.24, 2.45) is 10.7 Å². The van der Waals surface area contributed by atoms with Crippen LogP contribution in [0, 0.1) is 6.92 Å². The molecule has 0 unspecified atom stereocenters. The minimum Gasteiger partial charge on any atom is -0.404 e. The van der Waals surface area contributed by atoms with Gasteiger partial charge in [0.25, 0.3) is 0 Å². The Morgan fingerprint density at radius 2 is 2.25 bits per heavy atom. The fourth-order valence-corrected chi connectivity index (χ4v) is 1.79. The molecule has 1 aromatic carbocycles. The number of rotatable bonds is 2. The molecule has 0 bridgehead atoms. The van der Waals surface area contributed by atoms with Gasteiger partial charge in [0.05, 0.1) is 0 Å². The number of aromatic amines is 1. The van der Waals surface area contributed by atoms with Gasteiger partial charge < -0.3 is 10.7 Å². The maximum atomic E-state index is 5.59. The quantitative estimate of drug-likeness (QED) is 0.740. The zero-order valence-electron chi connectivity index (χ0n) is 9.49. The van der Waals surface area contributed by atoms with Crippen LogP contribution >= 0.6 is 0 Å². The van der Waals surface area contributed by atoms with Crippen molar-refractivity contribution in [2.45, 2.75) is 6.92 Å². The van der Waals surface area contributed by atoms with E-state index in [1.54, 1.807) is 19.5 Å². The molecular weight excluding hydrogens is 198 g/mol. The molecule has 1 aromatic heterocycles. The maximum Gasteiger partial charge on any atom is 0.0457 e. The molecule has 82 valence electrons. The molecule has 0 atom stereocenters. The van der Waals surface area contributed by atoms with Crippen LogP contribution in [0.5, 0.6) is 0 Å². The fraction of sp³-hybridized carbons (Fsp3) is 0.154. The van der Waals surface area contributed by atoms with E-state index >= 15 is 0 Å². The van der Waals surface area contributed by atoms with Crippen LogP contribution in [0.15, 0.2) is 35.6 Å². The highest BCUT2D eigenvalue weighted by atomic mass is 14.7. The molecule has 0 radical (unpaired) electrons. The predicted octanol–water partition coefficient (Wildman–Crippen LogP) is 2.48. The van der Waals surface area contributed by atoms with E-state index in [9.17, 15) is 0 Å². The predicted molar refractivity (Wildman–Crippen MR) is 69.6 cm³/mol. The van der Waals surface area contributed by atoms with Gasteiger partial charge in [-0.3, -0.25) is 4.99 Å². The van der Waals surface area contributed by atoms with Crippen LogP contribution in [-0.2, 0) is 0 Å². The molecule has 3 nitrogen and oxygen atoms in total. The standard InChI is InChI=1S/C13H15N3/c1-9-7-16-13-4-3-10(5-12(9)13)11(6-14)8-15-2/h3-8,16H,14H2,1-2H3. The average Bonchev–Trinajstić information content (AvgIpc) is 2.68. The van der Waals surface area contributed by atoms with Gasteiger partial charge in [-0.25, -0.2) is 0 Å². The Hall–Kier alpha value is -2.03. The Bertz CT molecular complexity index is 562. The number of allylic oxidation sites excluding steroid dienone is 1. The summed E-state index contributed by atoms with van der Waals surface area (Å²) in [4.78, 5) is 7.21. The number of benzene rings is 1. The summed E-state index contributed by atoms with van der Waals surface area (Å²) in [7, 11) is 1.74. The molecule has 2 rings (SSSR count). The van der Waals surface area contributed by atoms with Crippen LogP contribution in [0.3, 0.4) is 0 Å². The van der Waals surface area contributed by atoms with E-state index in [2.05, 4.69) is 29.0 Å². The molecule has 16 heavy (non-hydrogen) atoms. The smallest absolute Gasteiger partial charge is 0.0457 e. The second-order valence-corrected chi connectivity index (χ2v) is 3.74. The third kappa shape index (κ3) is 1.72. The van der Waals surface area contributed by atoms with Gasteiger partial charge in [-0.1, -0.05) is 6.07 Å². The number of nitrogens with one attached hydrogen (secondary N) is 1. The summed E-state index contributed by atoms with van der Waals surface area (Å²) in [6, 6.07) is 6.23. The van der Waals surface area contributed by atoms with Crippen molar-refractivity contribution in [1.82, 2.24) is 4.98 Å². The first-order valence-corrected chi connectivity index (χ1v) is 5.18. The lowest BCUT2D eigenvalue weighted by Gasteiger charge is -2.01. The highest BCUT2D eigenvalue weighted by molar-refractivity contribution is 6.10. The SMILES string of the molecule is CN=CC(=CN)c1ccc2[nH]cc(C)c2c1. The number of nitrogens with zero attached hydrogens (tertiary/aromatic N) is 1. The van der Waals surface area contributed by atoms with Crippen molar-refractivity contribution < 1.29 is 0 Å². The number of hydrogen-bond acceptors (Lipinski definition) is 2. The van der Waals surface area contributed by atoms with Gasteiger partial charge in [0.15, 0.2) is 0 Å². The number of aryl methyl sites for hydroxylation is 1. The number of H-pyrrole nitrogens is 1. The number of nitrogens with two attached hydrogens (primary N) is 1. The molecule has 3 N–H and O–H groups in total. The molecule has 3 heteroatoms. The molecule has 0 saturated carbocycles. The van der Waals surface area contributed by atoms with Gasteiger partial charge in [-0.05, 0) is 30.2 Å². The van der Waals surface area contributed by atoms with E-state index in [1.165, 1.54) is 10.9 Å². The van der Waals surface area contributed by atoms with Crippen molar-refractivity contribution in [3.8, 4) is 0 Å². The van der Waals surface area contributed by atoms with E-state index in [4.69, 9.17) is 5.73 Å². The summed E-state index contributed by atoms with van der Waals surface area (Å²) in [5.41, 5.74) is 9.99. The lowest BCUT2D eigenvalue weighted by atomic mass is 10.0. The van der Waals surface area contributed by atoms with E-state index in [0.29, 0.717) is 0 Å². The highest BCUT2D eigenvalue weighted by Crippen LogP contribution is 2.22. The first kappa shape index (κ1) is 10.5. The zero-order valence-corrected chi connectivity index (χ0v) is 9.49. The van der Waals surface area contributed by atoms with Gasteiger partial charge >= 0.3 is 0 Å². The third-order valence-electron chi connectivity index (χ3n) is 2.67. The highest BCUT2D eigenvalue weighted by Gasteiger charge is 2.03. The first-order chi connectivity index (χ1) is 7.76. The Morgan fingerprint density at radius 1 is 1.44 bits per heavy atom. The second-order valence-electron chi connectivity index (χ2n) is 3.74. The molecule has 0 aliphatic carbocycles. The van der Waals surface area contributed by atoms with Crippen LogP contribution < -0.4 is 5.73 Å². The van der Waals surface area contributed by atoms with Crippen molar-refractivity contribution in [1.29, 1.82) is 0 Å². The van der Waals surface area contributed by atoms with Gasteiger partial charge in [0.2, 0.25) is 0 Å². The summed E-state index contributed by atoms with van der Waals surface area (Å²) in [5.74, 6) is 0. The summed E-state index contributed by atoms with van der Waals surface area (Å²) in [5, 5.41) is 1.22. The molecule has 0 aliphatic heterocycles.